The second-order valence-electron chi connectivity index (χ2n) is 3.92. The standard InChI is InChI=1S/C14H17FN2O2/c1-17(8-9-19-2)14(18)12-6-5-11(4-3-7-16)10-13(12)15/h5-6,10H,7-9,16H2,1-2H3. The molecule has 0 aliphatic carbocycles. The fourth-order valence-corrected chi connectivity index (χ4v) is 1.45. The highest BCUT2D eigenvalue weighted by molar-refractivity contribution is 5.94. The Labute approximate surface area is 112 Å². The Balaban J connectivity index is 2.87. The lowest BCUT2D eigenvalue weighted by atomic mass is 10.1. The van der Waals surface area contributed by atoms with E-state index in [-0.39, 0.29) is 18.0 Å². The third-order valence-electron chi connectivity index (χ3n) is 2.51. The SMILES string of the molecule is COCCN(C)C(=O)c1ccc(C#CCN)cc1F. The molecular weight excluding hydrogens is 247 g/mol. The number of nitrogens with zero attached hydrogens (tertiary/aromatic N) is 1. The van der Waals surface area contributed by atoms with Crippen molar-refractivity contribution in [3.8, 4) is 11.8 Å². The molecule has 0 bridgehead atoms. The van der Waals surface area contributed by atoms with Gasteiger partial charge in [0.2, 0.25) is 0 Å². The Morgan fingerprint density at radius 3 is 2.84 bits per heavy atom. The molecule has 0 aliphatic rings. The van der Waals surface area contributed by atoms with Gasteiger partial charge in [0, 0.05) is 26.3 Å². The predicted octanol–water partition coefficient (Wildman–Crippen LogP) is 0.854. The number of halogens is 1. The molecule has 2 N–H and O–H groups in total. The van der Waals surface area contributed by atoms with Crippen molar-refractivity contribution < 1.29 is 13.9 Å². The number of ether oxygens (including phenoxy) is 1. The molecule has 0 unspecified atom stereocenters. The molecule has 4 nitrogen and oxygen atoms in total. The van der Waals surface area contributed by atoms with E-state index >= 15 is 0 Å². The van der Waals surface area contributed by atoms with Gasteiger partial charge >= 0.3 is 0 Å². The first-order chi connectivity index (χ1) is 9.10. The van der Waals surface area contributed by atoms with Gasteiger partial charge in [0.05, 0.1) is 18.7 Å². The van der Waals surface area contributed by atoms with Crippen LogP contribution in [0.1, 0.15) is 15.9 Å². The molecule has 0 aliphatic heterocycles. The lowest BCUT2D eigenvalue weighted by Gasteiger charge is -2.16. The average Bonchev–Trinajstić information content (AvgIpc) is 2.41. The summed E-state index contributed by atoms with van der Waals surface area (Å²) >= 11 is 0. The molecule has 102 valence electrons. The third kappa shape index (κ3) is 4.36. The van der Waals surface area contributed by atoms with Gasteiger partial charge in [-0.25, -0.2) is 4.39 Å². The molecule has 0 fully saturated rings. The van der Waals surface area contributed by atoms with E-state index in [1.54, 1.807) is 20.2 Å². The molecule has 1 aromatic carbocycles. The molecule has 0 saturated carbocycles. The zero-order chi connectivity index (χ0) is 14.3. The normalized spacial score (nSPS) is 9.68. The molecule has 5 heteroatoms. The summed E-state index contributed by atoms with van der Waals surface area (Å²) in [5.74, 6) is 4.38. The van der Waals surface area contributed by atoms with Gasteiger partial charge in [0.25, 0.3) is 5.91 Å². The highest BCUT2D eigenvalue weighted by Crippen LogP contribution is 2.12. The smallest absolute Gasteiger partial charge is 0.256 e. The summed E-state index contributed by atoms with van der Waals surface area (Å²) in [7, 11) is 3.15. The lowest BCUT2D eigenvalue weighted by Crippen LogP contribution is -2.30. The van der Waals surface area contributed by atoms with Crippen LogP contribution in [0.3, 0.4) is 0 Å². The Hall–Kier alpha value is -1.90. The number of amides is 1. The molecule has 1 rings (SSSR count). The number of methoxy groups -OCH3 is 1. The van der Waals surface area contributed by atoms with Crippen molar-refractivity contribution >= 4 is 5.91 Å². The fraction of sp³-hybridized carbons (Fsp3) is 0.357. The zero-order valence-electron chi connectivity index (χ0n) is 11.1. The summed E-state index contributed by atoms with van der Waals surface area (Å²) in [4.78, 5) is 13.4. The van der Waals surface area contributed by atoms with Crippen LogP contribution in [0.4, 0.5) is 4.39 Å². The first-order valence-electron chi connectivity index (χ1n) is 5.83. The van der Waals surface area contributed by atoms with Crippen LogP contribution in [0.2, 0.25) is 0 Å². The zero-order valence-corrected chi connectivity index (χ0v) is 11.1. The average molecular weight is 264 g/mol. The van der Waals surface area contributed by atoms with Crippen LogP contribution in [-0.2, 0) is 4.74 Å². The minimum absolute atomic E-state index is 0.0249. The Morgan fingerprint density at radius 1 is 1.53 bits per heavy atom. The van der Waals surface area contributed by atoms with Crippen LogP contribution >= 0.6 is 0 Å². The number of nitrogens with two attached hydrogens (primary N) is 1. The van der Waals surface area contributed by atoms with E-state index in [9.17, 15) is 9.18 Å². The highest BCUT2D eigenvalue weighted by Gasteiger charge is 2.15. The highest BCUT2D eigenvalue weighted by atomic mass is 19.1. The Morgan fingerprint density at radius 2 is 2.26 bits per heavy atom. The number of benzene rings is 1. The number of likely N-dealkylation sites (N-methyl/N-ethyl adjacent to an activating group) is 1. The van der Waals surface area contributed by atoms with Crippen molar-refractivity contribution in [1.29, 1.82) is 0 Å². The number of hydrogen-bond acceptors (Lipinski definition) is 3. The third-order valence-corrected chi connectivity index (χ3v) is 2.51. The van der Waals surface area contributed by atoms with Gasteiger partial charge in [-0.15, -0.1) is 0 Å². The van der Waals surface area contributed by atoms with Crippen molar-refractivity contribution in [2.45, 2.75) is 0 Å². The second-order valence-corrected chi connectivity index (χ2v) is 3.92. The van der Waals surface area contributed by atoms with Gasteiger partial charge < -0.3 is 15.4 Å². The van der Waals surface area contributed by atoms with Crippen LogP contribution < -0.4 is 5.73 Å². The monoisotopic (exact) mass is 264 g/mol. The van der Waals surface area contributed by atoms with Gasteiger partial charge in [-0.1, -0.05) is 11.8 Å². The molecule has 1 aromatic rings. The van der Waals surface area contributed by atoms with E-state index in [0.29, 0.717) is 18.7 Å². The van der Waals surface area contributed by atoms with Crippen molar-refractivity contribution in [3.63, 3.8) is 0 Å². The van der Waals surface area contributed by atoms with Crippen LogP contribution in [0, 0.1) is 17.7 Å². The van der Waals surface area contributed by atoms with Crippen LogP contribution in [-0.4, -0.2) is 44.7 Å². The summed E-state index contributed by atoms with van der Waals surface area (Å²) in [6, 6.07) is 4.27. The Kier molecular flexibility index (Phi) is 6.00. The van der Waals surface area contributed by atoms with Crippen molar-refractivity contribution in [1.82, 2.24) is 4.90 Å². The van der Waals surface area contributed by atoms with Crippen LogP contribution in [0.5, 0.6) is 0 Å². The van der Waals surface area contributed by atoms with E-state index in [1.165, 1.54) is 17.0 Å². The van der Waals surface area contributed by atoms with Gasteiger partial charge in [-0.05, 0) is 18.2 Å². The summed E-state index contributed by atoms with van der Waals surface area (Å²) in [5, 5.41) is 0. The largest absolute Gasteiger partial charge is 0.383 e. The summed E-state index contributed by atoms with van der Waals surface area (Å²) < 4.78 is 18.7. The molecule has 0 aromatic heterocycles. The molecule has 0 radical (unpaired) electrons. The molecular formula is C14H17FN2O2. The second kappa shape index (κ2) is 7.52. The minimum Gasteiger partial charge on any atom is -0.383 e. The first kappa shape index (κ1) is 15.2. The van der Waals surface area contributed by atoms with Gasteiger partial charge in [0.1, 0.15) is 5.82 Å². The lowest BCUT2D eigenvalue weighted by molar-refractivity contribution is 0.0739. The van der Waals surface area contributed by atoms with Crippen LogP contribution in [0.25, 0.3) is 0 Å². The van der Waals surface area contributed by atoms with Gasteiger partial charge in [-0.2, -0.15) is 0 Å². The van der Waals surface area contributed by atoms with Crippen molar-refractivity contribution in [2.24, 2.45) is 5.73 Å². The first-order valence-corrected chi connectivity index (χ1v) is 5.83. The van der Waals surface area contributed by atoms with E-state index in [1.807, 2.05) is 0 Å². The van der Waals surface area contributed by atoms with Gasteiger partial charge in [-0.3, -0.25) is 4.79 Å². The fourth-order valence-electron chi connectivity index (χ4n) is 1.45. The van der Waals surface area contributed by atoms with E-state index in [0.717, 1.165) is 0 Å². The Bertz CT molecular complexity index is 506. The number of carbonyl (C=O) groups is 1. The van der Waals surface area contributed by atoms with Crippen LogP contribution in [0.15, 0.2) is 18.2 Å². The molecule has 0 saturated heterocycles. The number of hydrogen-bond donors (Lipinski definition) is 1. The van der Waals surface area contributed by atoms with Crippen molar-refractivity contribution in [2.75, 3.05) is 33.9 Å². The van der Waals surface area contributed by atoms with E-state index in [4.69, 9.17) is 10.5 Å². The summed E-state index contributed by atoms with van der Waals surface area (Å²) in [5.41, 5.74) is 5.76. The maximum absolute atomic E-state index is 13.8. The van der Waals surface area contributed by atoms with Crippen molar-refractivity contribution in [3.05, 3.63) is 35.1 Å². The predicted molar refractivity (Wildman–Crippen MR) is 71.2 cm³/mol. The molecule has 0 heterocycles. The minimum atomic E-state index is -0.585. The number of carbonyl (C=O) groups excluding carboxylic acids is 1. The molecule has 0 atom stereocenters. The van der Waals surface area contributed by atoms with E-state index < -0.39 is 5.82 Å². The molecule has 19 heavy (non-hydrogen) atoms. The summed E-state index contributed by atoms with van der Waals surface area (Å²) in [6.07, 6.45) is 0. The van der Waals surface area contributed by atoms with E-state index in [2.05, 4.69) is 11.8 Å². The molecule has 1 amide bonds. The molecule has 0 spiro atoms. The maximum atomic E-state index is 13.8. The summed E-state index contributed by atoms with van der Waals surface area (Å²) in [6.45, 7) is 1.02. The quantitative estimate of drug-likeness (QED) is 0.820. The topological polar surface area (TPSA) is 55.6 Å². The maximum Gasteiger partial charge on any atom is 0.256 e. The number of rotatable bonds is 4. The van der Waals surface area contributed by atoms with Gasteiger partial charge in [0.15, 0.2) is 0 Å².